The van der Waals surface area contributed by atoms with Crippen molar-refractivity contribution in [2.75, 3.05) is 0 Å². The molecule has 0 nitrogen and oxygen atoms in total. The summed E-state index contributed by atoms with van der Waals surface area (Å²) in [5.74, 6) is 0.775. The summed E-state index contributed by atoms with van der Waals surface area (Å²) >= 11 is 0. The second-order valence-corrected chi connectivity index (χ2v) is 5.56. The molecule has 14 heavy (non-hydrogen) atoms. The van der Waals surface area contributed by atoms with Gasteiger partial charge in [-0.2, -0.15) is 0 Å². The predicted molar refractivity (Wildman–Crippen MR) is 63.4 cm³/mol. The van der Waals surface area contributed by atoms with Crippen molar-refractivity contribution in [3.8, 4) is 0 Å². The van der Waals surface area contributed by atoms with Crippen LogP contribution >= 0.6 is 0 Å². The third-order valence-corrected chi connectivity index (χ3v) is 2.39. The van der Waals surface area contributed by atoms with Crippen LogP contribution in [0.2, 0.25) is 0 Å². The summed E-state index contributed by atoms with van der Waals surface area (Å²) in [4.78, 5) is 0. The van der Waals surface area contributed by atoms with Gasteiger partial charge >= 0.3 is 0 Å². The van der Waals surface area contributed by atoms with Gasteiger partial charge in [-0.3, -0.25) is 0 Å². The zero-order chi connectivity index (χ0) is 10.6. The van der Waals surface area contributed by atoms with E-state index in [0.717, 1.165) is 5.92 Å². The van der Waals surface area contributed by atoms with E-state index in [0.29, 0.717) is 5.41 Å². The van der Waals surface area contributed by atoms with Crippen LogP contribution in [0.25, 0.3) is 0 Å². The maximum Gasteiger partial charge on any atom is -0.0253 e. The molecular formula is C14H22. The SMILES string of the molecule is C[C@H](Cc1ccccc1)CC(C)(C)C. The summed E-state index contributed by atoms with van der Waals surface area (Å²) in [6.07, 6.45) is 2.50. The molecule has 0 aliphatic heterocycles. The highest BCUT2D eigenvalue weighted by atomic mass is 14.2. The fraction of sp³-hybridized carbons (Fsp3) is 0.571. The largest absolute Gasteiger partial charge is 0.0622 e. The third kappa shape index (κ3) is 4.45. The van der Waals surface area contributed by atoms with Crippen LogP contribution in [0.3, 0.4) is 0 Å². The van der Waals surface area contributed by atoms with Gasteiger partial charge in [0.2, 0.25) is 0 Å². The quantitative estimate of drug-likeness (QED) is 0.666. The van der Waals surface area contributed by atoms with Gasteiger partial charge < -0.3 is 0 Å². The Labute approximate surface area is 88.4 Å². The van der Waals surface area contributed by atoms with Crippen LogP contribution in [-0.4, -0.2) is 0 Å². The highest BCUT2D eigenvalue weighted by Crippen LogP contribution is 2.26. The maximum absolute atomic E-state index is 2.35. The summed E-state index contributed by atoms with van der Waals surface area (Å²) in [5.41, 5.74) is 1.91. The van der Waals surface area contributed by atoms with Crippen LogP contribution in [0.5, 0.6) is 0 Å². The van der Waals surface area contributed by atoms with E-state index in [1.807, 2.05) is 0 Å². The Morgan fingerprint density at radius 2 is 1.64 bits per heavy atom. The summed E-state index contributed by atoms with van der Waals surface area (Å²) in [6, 6.07) is 10.8. The molecule has 1 atom stereocenters. The van der Waals surface area contributed by atoms with Gasteiger partial charge in [0.05, 0.1) is 0 Å². The molecule has 0 fully saturated rings. The van der Waals surface area contributed by atoms with Crippen LogP contribution < -0.4 is 0 Å². The lowest BCUT2D eigenvalue weighted by Crippen LogP contribution is -2.12. The summed E-state index contributed by atoms with van der Waals surface area (Å²) in [5, 5.41) is 0. The lowest BCUT2D eigenvalue weighted by molar-refractivity contribution is 0.306. The number of benzene rings is 1. The van der Waals surface area contributed by atoms with Crippen molar-refractivity contribution in [3.63, 3.8) is 0 Å². The molecule has 0 heteroatoms. The van der Waals surface area contributed by atoms with Crippen molar-refractivity contribution >= 4 is 0 Å². The Morgan fingerprint density at radius 1 is 1.07 bits per heavy atom. The fourth-order valence-electron chi connectivity index (χ4n) is 2.13. The normalized spacial score (nSPS) is 14.0. The predicted octanol–water partition coefficient (Wildman–Crippen LogP) is 4.30. The van der Waals surface area contributed by atoms with Gasteiger partial charge in [0.1, 0.15) is 0 Å². The van der Waals surface area contributed by atoms with Gasteiger partial charge in [-0.1, -0.05) is 58.0 Å². The first kappa shape index (κ1) is 11.3. The molecule has 0 aliphatic rings. The van der Waals surface area contributed by atoms with Crippen LogP contribution in [0.15, 0.2) is 30.3 Å². The summed E-state index contributed by atoms with van der Waals surface area (Å²) in [7, 11) is 0. The van der Waals surface area contributed by atoms with Crippen molar-refractivity contribution in [2.45, 2.75) is 40.5 Å². The monoisotopic (exact) mass is 190 g/mol. The molecule has 0 aliphatic carbocycles. The first-order valence-corrected chi connectivity index (χ1v) is 5.51. The van der Waals surface area contributed by atoms with Crippen LogP contribution in [0, 0.1) is 11.3 Å². The standard InChI is InChI=1S/C14H22/c1-12(11-14(2,3)4)10-13-8-6-5-7-9-13/h5-9,12H,10-11H2,1-4H3/t12-/m1/s1. The molecular weight excluding hydrogens is 168 g/mol. The Bertz CT molecular complexity index is 253. The van der Waals surface area contributed by atoms with Gasteiger partial charge in [0, 0.05) is 0 Å². The van der Waals surface area contributed by atoms with Gasteiger partial charge in [0.15, 0.2) is 0 Å². The number of hydrogen-bond donors (Lipinski definition) is 0. The Hall–Kier alpha value is -0.780. The van der Waals surface area contributed by atoms with Crippen molar-refractivity contribution in [2.24, 2.45) is 11.3 Å². The zero-order valence-corrected chi connectivity index (χ0v) is 9.88. The van der Waals surface area contributed by atoms with E-state index in [1.54, 1.807) is 0 Å². The molecule has 0 amide bonds. The second kappa shape index (κ2) is 4.63. The molecule has 0 radical (unpaired) electrons. The van der Waals surface area contributed by atoms with Gasteiger partial charge in [-0.25, -0.2) is 0 Å². The Balaban J connectivity index is 2.46. The fourth-order valence-corrected chi connectivity index (χ4v) is 2.13. The second-order valence-electron chi connectivity index (χ2n) is 5.56. The van der Waals surface area contributed by atoms with E-state index >= 15 is 0 Å². The molecule has 78 valence electrons. The van der Waals surface area contributed by atoms with E-state index in [2.05, 4.69) is 58.0 Å². The molecule has 1 aromatic carbocycles. The highest BCUT2D eigenvalue weighted by molar-refractivity contribution is 5.15. The minimum Gasteiger partial charge on any atom is -0.0622 e. The topological polar surface area (TPSA) is 0 Å². The lowest BCUT2D eigenvalue weighted by Gasteiger charge is -2.23. The smallest absolute Gasteiger partial charge is 0.0253 e. The van der Waals surface area contributed by atoms with Crippen molar-refractivity contribution in [1.82, 2.24) is 0 Å². The van der Waals surface area contributed by atoms with E-state index in [-0.39, 0.29) is 0 Å². The zero-order valence-electron chi connectivity index (χ0n) is 9.88. The molecule has 1 aromatic rings. The van der Waals surface area contributed by atoms with Gasteiger partial charge in [0.25, 0.3) is 0 Å². The van der Waals surface area contributed by atoms with E-state index in [9.17, 15) is 0 Å². The summed E-state index contributed by atoms with van der Waals surface area (Å²) < 4.78 is 0. The van der Waals surface area contributed by atoms with Gasteiger partial charge in [-0.05, 0) is 29.7 Å². The third-order valence-electron chi connectivity index (χ3n) is 2.39. The Morgan fingerprint density at radius 3 is 2.14 bits per heavy atom. The van der Waals surface area contributed by atoms with Crippen molar-refractivity contribution < 1.29 is 0 Å². The van der Waals surface area contributed by atoms with E-state index < -0.39 is 0 Å². The summed E-state index contributed by atoms with van der Waals surface area (Å²) in [6.45, 7) is 9.29. The first-order chi connectivity index (χ1) is 6.47. The number of rotatable bonds is 3. The van der Waals surface area contributed by atoms with Crippen LogP contribution in [0.1, 0.15) is 39.7 Å². The molecule has 0 aromatic heterocycles. The highest BCUT2D eigenvalue weighted by Gasteiger charge is 2.15. The molecule has 1 rings (SSSR count). The number of hydrogen-bond acceptors (Lipinski definition) is 0. The molecule has 0 saturated carbocycles. The molecule has 0 unspecified atom stereocenters. The average molecular weight is 190 g/mol. The first-order valence-electron chi connectivity index (χ1n) is 5.51. The van der Waals surface area contributed by atoms with Gasteiger partial charge in [-0.15, -0.1) is 0 Å². The lowest BCUT2D eigenvalue weighted by atomic mass is 9.83. The van der Waals surface area contributed by atoms with E-state index in [4.69, 9.17) is 0 Å². The minimum absolute atomic E-state index is 0.453. The van der Waals surface area contributed by atoms with Crippen molar-refractivity contribution in [1.29, 1.82) is 0 Å². The average Bonchev–Trinajstić information content (AvgIpc) is 2.02. The van der Waals surface area contributed by atoms with Crippen LogP contribution in [0.4, 0.5) is 0 Å². The molecule has 0 saturated heterocycles. The molecule has 0 bridgehead atoms. The molecule has 0 N–H and O–H groups in total. The molecule has 0 heterocycles. The minimum atomic E-state index is 0.453. The van der Waals surface area contributed by atoms with Crippen LogP contribution in [-0.2, 0) is 6.42 Å². The van der Waals surface area contributed by atoms with Crippen molar-refractivity contribution in [3.05, 3.63) is 35.9 Å². The van der Waals surface area contributed by atoms with E-state index in [1.165, 1.54) is 18.4 Å². The maximum atomic E-state index is 2.35. The Kier molecular flexibility index (Phi) is 3.74. The molecule has 0 spiro atoms.